The Hall–Kier alpha value is -1.80. The van der Waals surface area contributed by atoms with E-state index in [1.54, 1.807) is 4.68 Å². The van der Waals surface area contributed by atoms with Crippen LogP contribution in [0, 0.1) is 0 Å². The standard InChI is InChI=1S/C19H29N5O2/c1-15(20-2)11-21-12-16-6-8-18(9-7-16)24-13-17(22-23-24)14-26-19-5-3-4-10-25-19/h6-9,13,15,19-21H,3-5,10-12,14H2,1-2H3. The number of benzene rings is 1. The van der Waals surface area contributed by atoms with E-state index in [9.17, 15) is 0 Å². The van der Waals surface area contributed by atoms with Crippen molar-refractivity contribution in [3.8, 4) is 5.69 Å². The van der Waals surface area contributed by atoms with Gasteiger partial charge in [0.1, 0.15) is 5.69 Å². The molecular weight excluding hydrogens is 330 g/mol. The molecule has 3 rings (SSSR count). The Morgan fingerprint density at radius 1 is 1.31 bits per heavy atom. The monoisotopic (exact) mass is 359 g/mol. The molecule has 1 saturated heterocycles. The minimum absolute atomic E-state index is 0.105. The lowest BCUT2D eigenvalue weighted by Crippen LogP contribution is -2.33. The van der Waals surface area contributed by atoms with Gasteiger partial charge in [-0.2, -0.15) is 0 Å². The van der Waals surface area contributed by atoms with E-state index >= 15 is 0 Å². The van der Waals surface area contributed by atoms with Gasteiger partial charge in [-0.25, -0.2) is 4.68 Å². The SMILES string of the molecule is CNC(C)CNCc1ccc(-n2cc(COC3CCCCO3)nn2)cc1. The Balaban J connectivity index is 1.48. The maximum atomic E-state index is 5.76. The first kappa shape index (κ1) is 19.0. The Kier molecular flexibility index (Phi) is 7.13. The predicted molar refractivity (Wildman–Crippen MR) is 100.0 cm³/mol. The van der Waals surface area contributed by atoms with Crippen molar-refractivity contribution in [2.24, 2.45) is 0 Å². The molecule has 0 amide bonds. The van der Waals surface area contributed by atoms with Crippen LogP contribution in [-0.2, 0) is 22.6 Å². The van der Waals surface area contributed by atoms with E-state index in [2.05, 4.69) is 52.1 Å². The quantitative estimate of drug-likeness (QED) is 0.714. The highest BCUT2D eigenvalue weighted by Crippen LogP contribution is 2.15. The van der Waals surface area contributed by atoms with E-state index in [0.29, 0.717) is 12.6 Å². The third-order valence-corrected chi connectivity index (χ3v) is 4.57. The molecule has 1 fully saturated rings. The lowest BCUT2D eigenvalue weighted by Gasteiger charge is -2.22. The molecule has 7 nitrogen and oxygen atoms in total. The summed E-state index contributed by atoms with van der Waals surface area (Å²) in [5.74, 6) is 0. The minimum atomic E-state index is -0.105. The second-order valence-electron chi connectivity index (χ2n) is 6.75. The van der Waals surface area contributed by atoms with Gasteiger partial charge in [-0.15, -0.1) is 5.10 Å². The molecule has 1 aromatic heterocycles. The summed E-state index contributed by atoms with van der Waals surface area (Å²) in [6.45, 7) is 5.16. The largest absolute Gasteiger partial charge is 0.353 e. The fraction of sp³-hybridized carbons (Fsp3) is 0.579. The van der Waals surface area contributed by atoms with Gasteiger partial charge in [0.25, 0.3) is 0 Å². The van der Waals surface area contributed by atoms with E-state index in [1.165, 1.54) is 5.56 Å². The molecule has 142 valence electrons. The zero-order valence-electron chi connectivity index (χ0n) is 15.6. The molecule has 2 N–H and O–H groups in total. The van der Waals surface area contributed by atoms with Gasteiger partial charge in [-0.1, -0.05) is 17.3 Å². The Morgan fingerprint density at radius 2 is 2.15 bits per heavy atom. The third-order valence-electron chi connectivity index (χ3n) is 4.57. The summed E-state index contributed by atoms with van der Waals surface area (Å²) < 4.78 is 13.1. The van der Waals surface area contributed by atoms with Gasteiger partial charge in [0.2, 0.25) is 0 Å². The zero-order valence-corrected chi connectivity index (χ0v) is 15.6. The summed E-state index contributed by atoms with van der Waals surface area (Å²) in [7, 11) is 1.97. The average molecular weight is 359 g/mol. The molecule has 0 spiro atoms. The molecule has 0 radical (unpaired) electrons. The summed E-state index contributed by atoms with van der Waals surface area (Å²) in [5.41, 5.74) is 3.05. The van der Waals surface area contributed by atoms with Crippen LogP contribution in [0.15, 0.2) is 30.5 Å². The highest BCUT2D eigenvalue weighted by molar-refractivity contribution is 5.33. The third kappa shape index (κ3) is 5.60. The van der Waals surface area contributed by atoms with Crippen molar-refractivity contribution >= 4 is 0 Å². The van der Waals surface area contributed by atoms with E-state index in [-0.39, 0.29) is 6.29 Å². The predicted octanol–water partition coefficient (Wildman–Crippen LogP) is 2.01. The van der Waals surface area contributed by atoms with Gasteiger partial charge in [0.15, 0.2) is 6.29 Å². The maximum absolute atomic E-state index is 5.76. The van der Waals surface area contributed by atoms with Gasteiger partial charge in [0, 0.05) is 25.7 Å². The number of ether oxygens (including phenoxy) is 2. The summed E-state index contributed by atoms with van der Waals surface area (Å²) in [4.78, 5) is 0. The molecular formula is C19H29N5O2. The zero-order chi connectivity index (χ0) is 18.2. The van der Waals surface area contributed by atoms with Crippen molar-refractivity contribution < 1.29 is 9.47 Å². The van der Waals surface area contributed by atoms with E-state index in [4.69, 9.17) is 9.47 Å². The highest BCUT2D eigenvalue weighted by Gasteiger charge is 2.15. The molecule has 2 atom stereocenters. The van der Waals surface area contributed by atoms with E-state index in [1.807, 2.05) is 13.2 Å². The molecule has 0 aliphatic carbocycles. The first-order chi connectivity index (χ1) is 12.7. The van der Waals surface area contributed by atoms with E-state index in [0.717, 1.165) is 50.3 Å². The second-order valence-corrected chi connectivity index (χ2v) is 6.75. The number of hydrogen-bond acceptors (Lipinski definition) is 6. The van der Waals surface area contributed by atoms with Gasteiger partial charge in [-0.05, 0) is 50.9 Å². The minimum Gasteiger partial charge on any atom is -0.353 e. The van der Waals surface area contributed by atoms with Crippen LogP contribution in [0.4, 0.5) is 0 Å². The number of aromatic nitrogens is 3. The number of nitrogens with zero attached hydrogens (tertiary/aromatic N) is 3. The number of rotatable bonds is 9. The van der Waals surface area contributed by atoms with Crippen LogP contribution >= 0.6 is 0 Å². The molecule has 2 unspecified atom stereocenters. The Labute approximate surface area is 155 Å². The number of nitrogens with one attached hydrogen (secondary N) is 2. The maximum Gasteiger partial charge on any atom is 0.158 e. The molecule has 1 aliphatic rings. The summed E-state index contributed by atoms with van der Waals surface area (Å²) >= 11 is 0. The second kappa shape index (κ2) is 9.78. The topological polar surface area (TPSA) is 73.2 Å². The van der Waals surface area contributed by atoms with Gasteiger partial charge in [-0.3, -0.25) is 0 Å². The lowest BCUT2D eigenvalue weighted by atomic mass is 10.2. The van der Waals surface area contributed by atoms with Crippen molar-refractivity contribution in [1.82, 2.24) is 25.6 Å². The molecule has 0 bridgehead atoms. The molecule has 2 heterocycles. The molecule has 26 heavy (non-hydrogen) atoms. The van der Waals surface area contributed by atoms with Crippen LogP contribution in [0.25, 0.3) is 5.69 Å². The average Bonchev–Trinajstić information content (AvgIpc) is 3.16. The number of likely N-dealkylation sites (N-methyl/N-ethyl adjacent to an activating group) is 1. The van der Waals surface area contributed by atoms with Gasteiger partial charge >= 0.3 is 0 Å². The summed E-state index contributed by atoms with van der Waals surface area (Å²) in [5, 5.41) is 15.0. The lowest BCUT2D eigenvalue weighted by molar-refractivity contribution is -0.169. The normalized spacial score (nSPS) is 18.8. The Bertz CT molecular complexity index is 652. The fourth-order valence-electron chi connectivity index (χ4n) is 2.81. The molecule has 2 aromatic rings. The van der Waals surface area contributed by atoms with Crippen molar-refractivity contribution in [1.29, 1.82) is 0 Å². The van der Waals surface area contributed by atoms with Crippen LogP contribution < -0.4 is 10.6 Å². The van der Waals surface area contributed by atoms with Crippen LogP contribution in [-0.4, -0.2) is 47.5 Å². The van der Waals surface area contributed by atoms with Crippen molar-refractivity contribution in [3.05, 3.63) is 41.7 Å². The van der Waals surface area contributed by atoms with E-state index < -0.39 is 0 Å². The first-order valence-corrected chi connectivity index (χ1v) is 9.36. The molecule has 0 saturated carbocycles. The fourth-order valence-corrected chi connectivity index (χ4v) is 2.81. The van der Waals surface area contributed by atoms with Gasteiger partial charge < -0.3 is 20.1 Å². The van der Waals surface area contributed by atoms with Crippen molar-refractivity contribution in [2.75, 3.05) is 20.2 Å². The van der Waals surface area contributed by atoms with Crippen molar-refractivity contribution in [2.45, 2.75) is 51.7 Å². The van der Waals surface area contributed by atoms with Crippen LogP contribution in [0.2, 0.25) is 0 Å². The Morgan fingerprint density at radius 3 is 2.88 bits per heavy atom. The number of hydrogen-bond donors (Lipinski definition) is 2. The summed E-state index contributed by atoms with van der Waals surface area (Å²) in [6, 6.07) is 8.80. The van der Waals surface area contributed by atoms with Crippen LogP contribution in [0.5, 0.6) is 0 Å². The molecule has 1 aliphatic heterocycles. The summed E-state index contributed by atoms with van der Waals surface area (Å²) in [6.07, 6.45) is 5.04. The highest BCUT2D eigenvalue weighted by atomic mass is 16.7. The van der Waals surface area contributed by atoms with Crippen LogP contribution in [0.3, 0.4) is 0 Å². The van der Waals surface area contributed by atoms with Gasteiger partial charge in [0.05, 0.1) is 18.5 Å². The molecule has 7 heteroatoms. The van der Waals surface area contributed by atoms with Crippen molar-refractivity contribution in [3.63, 3.8) is 0 Å². The molecule has 1 aromatic carbocycles. The smallest absolute Gasteiger partial charge is 0.158 e. The first-order valence-electron chi connectivity index (χ1n) is 9.36. The van der Waals surface area contributed by atoms with Crippen LogP contribution in [0.1, 0.15) is 37.4 Å².